The van der Waals surface area contributed by atoms with Crippen molar-refractivity contribution < 1.29 is 4.79 Å². The molecule has 4 heteroatoms. The van der Waals surface area contributed by atoms with Crippen LogP contribution in [-0.2, 0) is 17.6 Å². The third-order valence-electron chi connectivity index (χ3n) is 2.37. The molecule has 0 saturated heterocycles. The predicted octanol–water partition coefficient (Wildman–Crippen LogP) is 2.39. The molecule has 3 nitrogen and oxygen atoms in total. The highest BCUT2D eigenvalue weighted by molar-refractivity contribution is 7.09. The Hall–Kier alpha value is -1.68. The van der Waals surface area contributed by atoms with Gasteiger partial charge in [-0.15, -0.1) is 11.3 Å². The Labute approximate surface area is 104 Å². The lowest BCUT2D eigenvalue weighted by Crippen LogP contribution is -2.06. The quantitative estimate of drug-likeness (QED) is 0.843. The second-order valence-electron chi connectivity index (χ2n) is 4.02. The van der Waals surface area contributed by atoms with Crippen LogP contribution < -0.4 is 5.73 Å². The van der Waals surface area contributed by atoms with Crippen molar-refractivity contribution in [2.75, 3.05) is 5.73 Å². The first-order valence-corrected chi connectivity index (χ1v) is 6.28. The van der Waals surface area contributed by atoms with Crippen LogP contribution in [0.3, 0.4) is 0 Å². The third kappa shape index (κ3) is 3.39. The van der Waals surface area contributed by atoms with E-state index >= 15 is 0 Å². The summed E-state index contributed by atoms with van der Waals surface area (Å²) in [6.45, 7) is 1.93. The first-order chi connectivity index (χ1) is 8.13. The topological polar surface area (TPSA) is 56.0 Å². The van der Waals surface area contributed by atoms with Crippen LogP contribution >= 0.6 is 11.3 Å². The van der Waals surface area contributed by atoms with Gasteiger partial charge < -0.3 is 5.73 Å². The van der Waals surface area contributed by atoms with Gasteiger partial charge in [0.25, 0.3) is 0 Å². The van der Waals surface area contributed by atoms with E-state index in [-0.39, 0.29) is 5.78 Å². The summed E-state index contributed by atoms with van der Waals surface area (Å²) in [5.74, 6) is 0.171. The van der Waals surface area contributed by atoms with E-state index in [4.69, 9.17) is 5.73 Å². The molecule has 1 heterocycles. The number of carbonyl (C=O) groups excluding carboxylic acids is 1. The lowest BCUT2D eigenvalue weighted by molar-refractivity contribution is -0.117. The van der Waals surface area contributed by atoms with E-state index < -0.39 is 0 Å². The Morgan fingerprint density at radius 2 is 2.24 bits per heavy atom. The van der Waals surface area contributed by atoms with Crippen molar-refractivity contribution in [3.05, 3.63) is 45.9 Å². The highest BCUT2D eigenvalue weighted by atomic mass is 32.1. The van der Waals surface area contributed by atoms with E-state index in [2.05, 4.69) is 4.98 Å². The van der Waals surface area contributed by atoms with Crippen LogP contribution in [0.1, 0.15) is 16.3 Å². The number of hydrogen-bond donors (Lipinski definition) is 1. The monoisotopic (exact) mass is 246 g/mol. The molecule has 1 aromatic heterocycles. The zero-order valence-corrected chi connectivity index (χ0v) is 10.5. The molecule has 0 unspecified atom stereocenters. The SMILES string of the molecule is Cc1csc(CC(=O)Cc2cccc(N)c2)n1. The number of benzene rings is 1. The highest BCUT2D eigenvalue weighted by Gasteiger charge is 2.08. The molecule has 0 aliphatic carbocycles. The van der Waals surface area contributed by atoms with Gasteiger partial charge in [0.15, 0.2) is 0 Å². The van der Waals surface area contributed by atoms with Gasteiger partial charge in [0, 0.05) is 23.2 Å². The largest absolute Gasteiger partial charge is 0.399 e. The van der Waals surface area contributed by atoms with Gasteiger partial charge >= 0.3 is 0 Å². The smallest absolute Gasteiger partial charge is 0.144 e. The Kier molecular flexibility index (Phi) is 3.54. The fraction of sp³-hybridized carbons (Fsp3) is 0.231. The van der Waals surface area contributed by atoms with E-state index in [0.29, 0.717) is 18.5 Å². The highest BCUT2D eigenvalue weighted by Crippen LogP contribution is 2.12. The van der Waals surface area contributed by atoms with Crippen LogP contribution in [0, 0.1) is 6.92 Å². The van der Waals surface area contributed by atoms with Crippen LogP contribution in [0.15, 0.2) is 29.6 Å². The molecule has 2 aromatic rings. The first-order valence-electron chi connectivity index (χ1n) is 5.40. The Morgan fingerprint density at radius 3 is 2.88 bits per heavy atom. The standard InChI is InChI=1S/C13H14N2OS/c1-9-8-17-13(15-9)7-12(16)6-10-3-2-4-11(14)5-10/h2-5,8H,6-7,14H2,1H3. The van der Waals surface area contributed by atoms with Crippen molar-refractivity contribution in [2.24, 2.45) is 0 Å². The minimum Gasteiger partial charge on any atom is -0.399 e. The fourth-order valence-electron chi connectivity index (χ4n) is 1.65. The maximum atomic E-state index is 11.8. The zero-order valence-electron chi connectivity index (χ0n) is 9.64. The second kappa shape index (κ2) is 5.10. The maximum absolute atomic E-state index is 11.8. The van der Waals surface area contributed by atoms with Crippen LogP contribution in [0.25, 0.3) is 0 Å². The van der Waals surface area contributed by atoms with Crippen molar-refractivity contribution in [1.82, 2.24) is 4.98 Å². The van der Waals surface area contributed by atoms with E-state index in [1.165, 1.54) is 11.3 Å². The fourth-order valence-corrected chi connectivity index (χ4v) is 2.45. The van der Waals surface area contributed by atoms with E-state index in [1.807, 2.05) is 36.6 Å². The predicted molar refractivity (Wildman–Crippen MR) is 70.1 cm³/mol. The average Bonchev–Trinajstić information content (AvgIpc) is 2.63. The van der Waals surface area contributed by atoms with Crippen molar-refractivity contribution >= 4 is 22.8 Å². The Morgan fingerprint density at radius 1 is 1.41 bits per heavy atom. The summed E-state index contributed by atoms with van der Waals surface area (Å²) in [6.07, 6.45) is 0.830. The number of aryl methyl sites for hydroxylation is 1. The summed E-state index contributed by atoms with van der Waals surface area (Å²) in [5.41, 5.74) is 8.30. The molecule has 0 spiro atoms. The lowest BCUT2D eigenvalue weighted by atomic mass is 10.1. The van der Waals surface area contributed by atoms with E-state index in [9.17, 15) is 4.79 Å². The summed E-state index contributed by atoms with van der Waals surface area (Å²) in [6, 6.07) is 7.44. The summed E-state index contributed by atoms with van der Waals surface area (Å²) >= 11 is 1.53. The molecular formula is C13H14N2OS. The summed E-state index contributed by atoms with van der Waals surface area (Å²) in [4.78, 5) is 16.1. The molecule has 0 atom stereocenters. The van der Waals surface area contributed by atoms with Gasteiger partial charge in [-0.25, -0.2) is 4.98 Å². The van der Waals surface area contributed by atoms with Crippen LogP contribution in [0.4, 0.5) is 5.69 Å². The number of thiazole rings is 1. The maximum Gasteiger partial charge on any atom is 0.144 e. The van der Waals surface area contributed by atoms with Gasteiger partial charge in [0.2, 0.25) is 0 Å². The molecule has 88 valence electrons. The van der Waals surface area contributed by atoms with Gasteiger partial charge in [-0.05, 0) is 24.6 Å². The number of anilines is 1. The van der Waals surface area contributed by atoms with Crippen molar-refractivity contribution in [3.8, 4) is 0 Å². The van der Waals surface area contributed by atoms with Crippen molar-refractivity contribution in [2.45, 2.75) is 19.8 Å². The number of Topliss-reactive ketones (excluding diaryl/α,β-unsaturated/α-hetero) is 1. The van der Waals surface area contributed by atoms with Crippen LogP contribution in [0.2, 0.25) is 0 Å². The molecular weight excluding hydrogens is 232 g/mol. The minimum absolute atomic E-state index is 0.171. The first kappa shape index (κ1) is 11.8. The third-order valence-corrected chi connectivity index (χ3v) is 3.33. The number of aromatic nitrogens is 1. The number of rotatable bonds is 4. The minimum atomic E-state index is 0.171. The van der Waals surface area contributed by atoms with Gasteiger partial charge in [-0.1, -0.05) is 12.1 Å². The van der Waals surface area contributed by atoms with E-state index in [1.54, 1.807) is 0 Å². The molecule has 0 amide bonds. The molecule has 2 rings (SSSR count). The summed E-state index contributed by atoms with van der Waals surface area (Å²) in [5, 5.41) is 2.85. The molecule has 0 saturated carbocycles. The number of nitrogen functional groups attached to an aromatic ring is 1. The molecule has 2 N–H and O–H groups in total. The Bertz CT molecular complexity index is 534. The average molecular weight is 246 g/mol. The number of carbonyl (C=O) groups is 1. The Balaban J connectivity index is 1.98. The summed E-state index contributed by atoms with van der Waals surface area (Å²) in [7, 11) is 0. The molecule has 0 aliphatic heterocycles. The van der Waals surface area contributed by atoms with E-state index in [0.717, 1.165) is 16.3 Å². The molecule has 0 bridgehead atoms. The molecule has 1 aromatic carbocycles. The van der Waals surface area contributed by atoms with Crippen molar-refractivity contribution in [1.29, 1.82) is 0 Å². The van der Waals surface area contributed by atoms with Gasteiger partial charge in [-0.3, -0.25) is 4.79 Å². The zero-order chi connectivity index (χ0) is 12.3. The van der Waals surface area contributed by atoms with Crippen molar-refractivity contribution in [3.63, 3.8) is 0 Å². The summed E-state index contributed by atoms with van der Waals surface area (Å²) < 4.78 is 0. The lowest BCUT2D eigenvalue weighted by Gasteiger charge is -2.01. The number of nitrogens with zero attached hydrogens (tertiary/aromatic N) is 1. The molecule has 0 radical (unpaired) electrons. The normalized spacial score (nSPS) is 10.4. The van der Waals surface area contributed by atoms with Gasteiger partial charge in [0.1, 0.15) is 10.8 Å². The molecule has 17 heavy (non-hydrogen) atoms. The molecule has 0 aliphatic rings. The number of hydrogen-bond acceptors (Lipinski definition) is 4. The van der Waals surface area contributed by atoms with Gasteiger partial charge in [0.05, 0.1) is 6.42 Å². The van der Waals surface area contributed by atoms with Crippen LogP contribution in [-0.4, -0.2) is 10.8 Å². The van der Waals surface area contributed by atoms with Crippen LogP contribution in [0.5, 0.6) is 0 Å². The second-order valence-corrected chi connectivity index (χ2v) is 4.96. The molecule has 0 fully saturated rings. The van der Waals surface area contributed by atoms with Gasteiger partial charge in [-0.2, -0.15) is 0 Å². The number of nitrogens with two attached hydrogens (primary N) is 1. The number of ketones is 1.